The molecule has 1 N–H and O–H groups in total. The molecule has 1 fully saturated rings. The van der Waals surface area contributed by atoms with Gasteiger partial charge < -0.3 is 10.1 Å². The molecule has 1 aromatic heterocycles. The lowest BCUT2D eigenvalue weighted by atomic mass is 9.95. The van der Waals surface area contributed by atoms with E-state index in [1.807, 2.05) is 36.7 Å². The molecular formula is C21H25N3O2. The van der Waals surface area contributed by atoms with Crippen molar-refractivity contribution in [3.8, 4) is 5.75 Å². The number of carbonyl (C=O) groups is 1. The number of para-hydroxylation sites is 1. The van der Waals surface area contributed by atoms with Gasteiger partial charge >= 0.3 is 0 Å². The maximum atomic E-state index is 12.6. The predicted octanol–water partition coefficient (Wildman–Crippen LogP) is 2.41. The third-order valence-electron chi connectivity index (χ3n) is 5.34. The largest absolute Gasteiger partial charge is 0.492 e. The van der Waals surface area contributed by atoms with E-state index in [0.29, 0.717) is 6.61 Å². The number of hydrogen-bond donors (Lipinski definition) is 1. The molecule has 0 bridgehead atoms. The maximum Gasteiger partial charge on any atom is 0.227 e. The fourth-order valence-electron chi connectivity index (χ4n) is 3.80. The van der Waals surface area contributed by atoms with Crippen LogP contribution in [0.4, 0.5) is 0 Å². The minimum Gasteiger partial charge on any atom is -0.492 e. The highest BCUT2D eigenvalue weighted by atomic mass is 16.5. The van der Waals surface area contributed by atoms with Gasteiger partial charge in [0.15, 0.2) is 0 Å². The Labute approximate surface area is 154 Å². The van der Waals surface area contributed by atoms with E-state index in [1.54, 1.807) is 0 Å². The van der Waals surface area contributed by atoms with Crippen molar-refractivity contribution in [2.45, 2.75) is 31.8 Å². The Morgan fingerprint density at radius 2 is 1.92 bits per heavy atom. The van der Waals surface area contributed by atoms with E-state index >= 15 is 0 Å². The van der Waals surface area contributed by atoms with Crippen LogP contribution in [0.15, 0.2) is 48.8 Å². The van der Waals surface area contributed by atoms with Crippen molar-refractivity contribution in [1.82, 2.24) is 15.2 Å². The Morgan fingerprint density at radius 3 is 2.73 bits per heavy atom. The second-order valence-corrected chi connectivity index (χ2v) is 7.23. The molecular weight excluding hydrogens is 326 g/mol. The Morgan fingerprint density at radius 1 is 1.15 bits per heavy atom. The number of nitrogens with one attached hydrogen (secondary N) is 1. The topological polar surface area (TPSA) is 54.5 Å². The van der Waals surface area contributed by atoms with Crippen LogP contribution in [-0.2, 0) is 17.8 Å². The Kier molecular flexibility index (Phi) is 5.16. The van der Waals surface area contributed by atoms with Gasteiger partial charge in [-0.1, -0.05) is 18.2 Å². The molecule has 1 aromatic carbocycles. The van der Waals surface area contributed by atoms with Crippen LogP contribution in [0.2, 0.25) is 0 Å². The summed E-state index contributed by atoms with van der Waals surface area (Å²) in [4.78, 5) is 19.1. The predicted molar refractivity (Wildman–Crippen MR) is 99.8 cm³/mol. The number of carbonyl (C=O) groups excluding carboxylic acids is 1. The molecule has 4 rings (SSSR count). The first kappa shape index (κ1) is 17.0. The summed E-state index contributed by atoms with van der Waals surface area (Å²) in [6, 6.07) is 12.4. The lowest BCUT2D eigenvalue weighted by molar-refractivity contribution is -0.127. The summed E-state index contributed by atoms with van der Waals surface area (Å²) in [5.41, 5.74) is 2.42. The van der Waals surface area contributed by atoms with Gasteiger partial charge in [-0.15, -0.1) is 0 Å². The number of nitrogens with zero attached hydrogens (tertiary/aromatic N) is 2. The maximum absolute atomic E-state index is 12.6. The molecule has 2 aliphatic heterocycles. The molecule has 0 saturated carbocycles. The lowest BCUT2D eigenvalue weighted by Crippen LogP contribution is -2.47. The first-order valence-corrected chi connectivity index (χ1v) is 9.40. The zero-order valence-electron chi connectivity index (χ0n) is 14.9. The monoisotopic (exact) mass is 351 g/mol. The summed E-state index contributed by atoms with van der Waals surface area (Å²) in [5.74, 6) is 0.966. The third kappa shape index (κ3) is 4.05. The van der Waals surface area contributed by atoms with Gasteiger partial charge in [0.1, 0.15) is 12.4 Å². The molecule has 5 nitrogen and oxygen atoms in total. The van der Waals surface area contributed by atoms with Crippen molar-refractivity contribution in [3.63, 3.8) is 0 Å². The van der Waals surface area contributed by atoms with E-state index in [1.165, 1.54) is 5.56 Å². The number of likely N-dealkylation sites (tertiary alicyclic amines) is 1. The van der Waals surface area contributed by atoms with Crippen molar-refractivity contribution in [2.24, 2.45) is 5.92 Å². The quantitative estimate of drug-likeness (QED) is 0.919. The molecule has 2 aliphatic rings. The number of benzene rings is 1. The number of ether oxygens (including phenoxy) is 1. The van der Waals surface area contributed by atoms with Crippen LogP contribution in [0.1, 0.15) is 24.0 Å². The molecule has 0 radical (unpaired) electrons. The smallest absolute Gasteiger partial charge is 0.227 e. The minimum atomic E-state index is -0.0836. The Bertz CT molecular complexity index is 742. The molecule has 5 heteroatoms. The van der Waals surface area contributed by atoms with E-state index in [4.69, 9.17) is 4.74 Å². The summed E-state index contributed by atoms with van der Waals surface area (Å²) >= 11 is 0. The van der Waals surface area contributed by atoms with Crippen molar-refractivity contribution in [1.29, 1.82) is 0 Å². The highest BCUT2D eigenvalue weighted by molar-refractivity contribution is 5.80. The van der Waals surface area contributed by atoms with Crippen LogP contribution in [0.5, 0.6) is 5.75 Å². The Balaban J connectivity index is 1.25. The fraction of sp³-hybridized carbons (Fsp3) is 0.429. The third-order valence-corrected chi connectivity index (χ3v) is 5.34. The van der Waals surface area contributed by atoms with Crippen LogP contribution in [0.3, 0.4) is 0 Å². The van der Waals surface area contributed by atoms with Crippen LogP contribution in [0.25, 0.3) is 0 Å². The summed E-state index contributed by atoms with van der Waals surface area (Å²) in [7, 11) is 0. The molecule has 1 atom stereocenters. The first-order chi connectivity index (χ1) is 12.8. The molecule has 1 amide bonds. The molecule has 26 heavy (non-hydrogen) atoms. The van der Waals surface area contributed by atoms with Gasteiger partial charge in [0.2, 0.25) is 5.91 Å². The number of rotatable bonds is 4. The second-order valence-electron chi connectivity index (χ2n) is 7.23. The number of amides is 1. The van der Waals surface area contributed by atoms with Crippen LogP contribution in [-0.4, -0.2) is 41.5 Å². The zero-order valence-corrected chi connectivity index (χ0v) is 14.9. The van der Waals surface area contributed by atoms with Crippen molar-refractivity contribution in [3.05, 3.63) is 59.9 Å². The highest BCUT2D eigenvalue weighted by Gasteiger charge is 2.28. The van der Waals surface area contributed by atoms with Gasteiger partial charge in [0.05, 0.1) is 5.92 Å². The van der Waals surface area contributed by atoms with Crippen molar-refractivity contribution in [2.75, 3.05) is 19.7 Å². The van der Waals surface area contributed by atoms with E-state index in [9.17, 15) is 4.79 Å². The van der Waals surface area contributed by atoms with Gasteiger partial charge in [-0.2, -0.15) is 0 Å². The van der Waals surface area contributed by atoms with Crippen LogP contribution < -0.4 is 10.1 Å². The second kappa shape index (κ2) is 7.87. The summed E-state index contributed by atoms with van der Waals surface area (Å²) in [6.45, 7) is 3.45. The van der Waals surface area contributed by atoms with Crippen molar-refractivity contribution < 1.29 is 9.53 Å². The number of hydrogen-bond acceptors (Lipinski definition) is 4. The Hall–Kier alpha value is -2.40. The summed E-state index contributed by atoms with van der Waals surface area (Å²) in [5, 5.41) is 3.25. The number of pyridine rings is 1. The number of aromatic nitrogens is 1. The van der Waals surface area contributed by atoms with Gasteiger partial charge in [0.25, 0.3) is 0 Å². The lowest BCUT2D eigenvalue weighted by Gasteiger charge is -2.33. The van der Waals surface area contributed by atoms with Crippen LogP contribution in [0, 0.1) is 5.92 Å². The summed E-state index contributed by atoms with van der Waals surface area (Å²) < 4.78 is 5.76. The van der Waals surface area contributed by atoms with E-state index < -0.39 is 0 Å². The molecule has 0 aliphatic carbocycles. The molecule has 2 aromatic rings. The minimum absolute atomic E-state index is 0.0836. The van der Waals surface area contributed by atoms with Gasteiger partial charge in [-0.3, -0.25) is 14.7 Å². The highest BCUT2D eigenvalue weighted by Crippen LogP contribution is 2.27. The van der Waals surface area contributed by atoms with Crippen molar-refractivity contribution >= 4 is 5.91 Å². The molecule has 136 valence electrons. The van der Waals surface area contributed by atoms with E-state index in [2.05, 4.69) is 27.3 Å². The number of piperidine rings is 1. The average Bonchev–Trinajstić information content (AvgIpc) is 2.70. The van der Waals surface area contributed by atoms with E-state index in [-0.39, 0.29) is 17.9 Å². The normalized spacial score (nSPS) is 20.8. The van der Waals surface area contributed by atoms with Gasteiger partial charge in [-0.05, 0) is 48.6 Å². The fourth-order valence-corrected chi connectivity index (χ4v) is 3.80. The van der Waals surface area contributed by atoms with Crippen LogP contribution >= 0.6 is 0 Å². The SMILES string of the molecule is O=C(NC1CCN(Cc2ccncc2)CC1)C1COc2ccccc2C1. The van der Waals surface area contributed by atoms with Gasteiger partial charge in [-0.25, -0.2) is 0 Å². The average molecular weight is 351 g/mol. The standard InChI is InChI=1S/C21H25N3O2/c25-21(18-13-17-3-1-2-4-20(17)26-15-18)23-19-7-11-24(12-8-19)14-16-5-9-22-10-6-16/h1-6,9-10,18-19H,7-8,11-15H2,(H,23,25). The van der Waals surface area contributed by atoms with E-state index in [0.717, 1.165) is 50.2 Å². The zero-order chi connectivity index (χ0) is 17.8. The number of fused-ring (bicyclic) bond motifs is 1. The molecule has 3 heterocycles. The molecule has 1 unspecified atom stereocenters. The first-order valence-electron chi connectivity index (χ1n) is 9.40. The molecule has 1 saturated heterocycles. The molecule has 0 spiro atoms. The summed E-state index contributed by atoms with van der Waals surface area (Å²) in [6.07, 6.45) is 6.45. The van der Waals surface area contributed by atoms with Gasteiger partial charge in [0, 0.05) is 38.1 Å².